The molecule has 1 aromatic carbocycles. The van der Waals surface area contributed by atoms with Gasteiger partial charge in [0, 0.05) is 29.9 Å². The van der Waals surface area contributed by atoms with Crippen molar-refractivity contribution in [2.24, 2.45) is 0 Å². The second kappa shape index (κ2) is 5.28. The van der Waals surface area contributed by atoms with Gasteiger partial charge in [-0.15, -0.1) is 0 Å². The summed E-state index contributed by atoms with van der Waals surface area (Å²) in [4.78, 5) is 0. The van der Waals surface area contributed by atoms with E-state index in [9.17, 15) is 0 Å². The number of nitrogens with one attached hydrogen (secondary N) is 1. The smallest absolute Gasteiger partial charge is 0.134 e. The van der Waals surface area contributed by atoms with Gasteiger partial charge in [-0.3, -0.25) is 4.68 Å². The van der Waals surface area contributed by atoms with Crippen LogP contribution < -0.4 is 5.32 Å². The molecule has 3 rings (SSSR count). The summed E-state index contributed by atoms with van der Waals surface area (Å²) in [6.07, 6.45) is 3.73. The van der Waals surface area contributed by atoms with Gasteiger partial charge >= 0.3 is 0 Å². The molecule has 0 saturated heterocycles. The van der Waals surface area contributed by atoms with Crippen molar-refractivity contribution in [2.45, 2.75) is 20.0 Å². The van der Waals surface area contributed by atoms with E-state index in [1.165, 1.54) is 10.9 Å². The molecule has 4 heteroatoms. The first-order chi connectivity index (χ1) is 9.38. The molecule has 0 saturated carbocycles. The van der Waals surface area contributed by atoms with Crippen molar-refractivity contribution in [1.82, 2.24) is 15.1 Å². The highest BCUT2D eigenvalue weighted by molar-refractivity contribution is 5.82. The number of nitrogens with zero attached hydrogens (tertiary/aromatic N) is 2. The molecule has 1 N–H and O–H groups in total. The van der Waals surface area contributed by atoms with Gasteiger partial charge in [-0.1, -0.05) is 25.1 Å². The molecule has 2 aromatic heterocycles. The molecule has 19 heavy (non-hydrogen) atoms. The van der Waals surface area contributed by atoms with Crippen molar-refractivity contribution >= 4 is 11.0 Å². The molecular formula is C15H17N3O. The molecule has 0 aliphatic heterocycles. The summed E-state index contributed by atoms with van der Waals surface area (Å²) in [6, 6.07) is 10.1. The van der Waals surface area contributed by atoms with Gasteiger partial charge in [0.25, 0.3) is 0 Å². The Morgan fingerprint density at radius 2 is 2.16 bits per heavy atom. The van der Waals surface area contributed by atoms with E-state index < -0.39 is 0 Å². The van der Waals surface area contributed by atoms with Crippen molar-refractivity contribution in [3.05, 3.63) is 54.0 Å². The Bertz CT molecular complexity index is 655. The molecule has 0 radical (unpaired) electrons. The van der Waals surface area contributed by atoms with Crippen LogP contribution in [0, 0.1) is 0 Å². The fraction of sp³-hybridized carbons (Fsp3) is 0.267. The van der Waals surface area contributed by atoms with Crippen LogP contribution in [-0.2, 0) is 13.1 Å². The maximum atomic E-state index is 5.97. The van der Waals surface area contributed by atoms with Gasteiger partial charge in [0.2, 0.25) is 0 Å². The first-order valence-electron chi connectivity index (χ1n) is 6.56. The molecule has 98 valence electrons. The third kappa shape index (κ3) is 2.39. The Morgan fingerprint density at radius 1 is 1.26 bits per heavy atom. The Labute approximate surface area is 112 Å². The van der Waals surface area contributed by atoms with Gasteiger partial charge in [-0.2, -0.15) is 5.10 Å². The minimum absolute atomic E-state index is 0.669. The largest absolute Gasteiger partial charge is 0.459 e. The van der Waals surface area contributed by atoms with E-state index in [0.717, 1.165) is 24.4 Å². The Kier molecular flexibility index (Phi) is 3.33. The number of fused-ring (bicyclic) bond motifs is 1. The normalized spacial score (nSPS) is 11.2. The number of furan rings is 1. The molecule has 3 aromatic rings. The molecule has 0 atom stereocenters. The van der Waals surface area contributed by atoms with Crippen LogP contribution in [-0.4, -0.2) is 16.3 Å². The summed E-state index contributed by atoms with van der Waals surface area (Å²) in [5.41, 5.74) is 2.17. The van der Waals surface area contributed by atoms with E-state index in [-0.39, 0.29) is 0 Å². The van der Waals surface area contributed by atoms with Crippen molar-refractivity contribution in [2.75, 3.05) is 6.54 Å². The molecule has 4 nitrogen and oxygen atoms in total. The molecule has 0 unspecified atom stereocenters. The summed E-state index contributed by atoms with van der Waals surface area (Å²) < 4.78 is 7.85. The molecule has 0 bridgehead atoms. The van der Waals surface area contributed by atoms with E-state index in [1.54, 1.807) is 6.20 Å². The van der Waals surface area contributed by atoms with E-state index in [4.69, 9.17) is 4.42 Å². The summed E-state index contributed by atoms with van der Waals surface area (Å²) in [5.74, 6) is 0.978. The predicted octanol–water partition coefficient (Wildman–Crippen LogP) is 2.79. The third-order valence-corrected chi connectivity index (χ3v) is 3.20. The fourth-order valence-corrected chi connectivity index (χ4v) is 2.26. The van der Waals surface area contributed by atoms with Gasteiger partial charge in [0.05, 0.1) is 6.54 Å². The predicted molar refractivity (Wildman–Crippen MR) is 74.9 cm³/mol. The van der Waals surface area contributed by atoms with Crippen molar-refractivity contribution in [1.29, 1.82) is 0 Å². The van der Waals surface area contributed by atoms with E-state index >= 15 is 0 Å². The first kappa shape index (κ1) is 12.0. The first-order valence-corrected chi connectivity index (χ1v) is 6.56. The Morgan fingerprint density at radius 3 is 2.95 bits per heavy atom. The van der Waals surface area contributed by atoms with E-state index in [2.05, 4.69) is 23.4 Å². The lowest BCUT2D eigenvalue weighted by atomic mass is 10.1. The zero-order chi connectivity index (χ0) is 13.1. The van der Waals surface area contributed by atoms with Crippen LogP contribution in [0.2, 0.25) is 0 Å². The molecule has 0 spiro atoms. The van der Waals surface area contributed by atoms with Crippen LogP contribution in [0.1, 0.15) is 18.2 Å². The summed E-state index contributed by atoms with van der Waals surface area (Å²) in [5, 5.41) is 8.80. The van der Waals surface area contributed by atoms with Gasteiger partial charge < -0.3 is 9.73 Å². The third-order valence-electron chi connectivity index (χ3n) is 3.20. The average Bonchev–Trinajstić information content (AvgIpc) is 3.04. The molecule has 0 aliphatic rings. The van der Waals surface area contributed by atoms with Crippen LogP contribution in [0.5, 0.6) is 0 Å². The maximum absolute atomic E-state index is 5.97. The number of para-hydroxylation sites is 1. The fourth-order valence-electron chi connectivity index (χ4n) is 2.26. The average molecular weight is 255 g/mol. The standard InChI is InChI=1S/C15H17N3O/c1-2-16-10-13-12-6-3-4-7-14(12)19-15(13)11-18-9-5-8-17-18/h3-9,16H,2,10-11H2,1H3. The van der Waals surface area contributed by atoms with Crippen molar-refractivity contribution in [3.63, 3.8) is 0 Å². The Hall–Kier alpha value is -2.07. The second-order valence-corrected chi connectivity index (χ2v) is 4.48. The number of aromatic nitrogens is 2. The number of hydrogen-bond donors (Lipinski definition) is 1. The van der Waals surface area contributed by atoms with Gasteiger partial charge in [-0.05, 0) is 18.7 Å². The topological polar surface area (TPSA) is 43.0 Å². The number of rotatable bonds is 5. The van der Waals surface area contributed by atoms with E-state index in [0.29, 0.717) is 6.54 Å². The van der Waals surface area contributed by atoms with Crippen LogP contribution >= 0.6 is 0 Å². The van der Waals surface area contributed by atoms with E-state index in [1.807, 2.05) is 35.1 Å². The quantitative estimate of drug-likeness (QED) is 0.762. The Balaban J connectivity index is 2.01. The van der Waals surface area contributed by atoms with Crippen molar-refractivity contribution in [3.8, 4) is 0 Å². The summed E-state index contributed by atoms with van der Waals surface area (Å²) >= 11 is 0. The van der Waals surface area contributed by atoms with Crippen LogP contribution in [0.25, 0.3) is 11.0 Å². The summed E-state index contributed by atoms with van der Waals surface area (Å²) in [6.45, 7) is 4.54. The zero-order valence-electron chi connectivity index (χ0n) is 11.0. The summed E-state index contributed by atoms with van der Waals surface area (Å²) in [7, 11) is 0. The number of hydrogen-bond acceptors (Lipinski definition) is 3. The van der Waals surface area contributed by atoms with Crippen molar-refractivity contribution < 1.29 is 4.42 Å². The highest BCUT2D eigenvalue weighted by Crippen LogP contribution is 2.26. The second-order valence-electron chi connectivity index (χ2n) is 4.48. The van der Waals surface area contributed by atoms with Crippen LogP contribution in [0.15, 0.2) is 47.1 Å². The SMILES string of the molecule is CCNCc1c(Cn2cccn2)oc2ccccc12. The molecule has 0 aliphatic carbocycles. The van der Waals surface area contributed by atoms with Gasteiger partial charge in [0.15, 0.2) is 0 Å². The molecule has 0 fully saturated rings. The monoisotopic (exact) mass is 255 g/mol. The lowest BCUT2D eigenvalue weighted by Crippen LogP contribution is -2.13. The van der Waals surface area contributed by atoms with Gasteiger partial charge in [0.1, 0.15) is 11.3 Å². The lowest BCUT2D eigenvalue weighted by molar-refractivity contribution is 0.500. The van der Waals surface area contributed by atoms with Gasteiger partial charge in [-0.25, -0.2) is 0 Å². The molecule has 2 heterocycles. The molecular weight excluding hydrogens is 238 g/mol. The van der Waals surface area contributed by atoms with Crippen LogP contribution in [0.3, 0.4) is 0 Å². The highest BCUT2D eigenvalue weighted by atomic mass is 16.3. The highest BCUT2D eigenvalue weighted by Gasteiger charge is 2.13. The minimum Gasteiger partial charge on any atom is -0.459 e. The maximum Gasteiger partial charge on any atom is 0.134 e. The number of benzene rings is 1. The zero-order valence-corrected chi connectivity index (χ0v) is 11.0. The molecule has 0 amide bonds. The van der Waals surface area contributed by atoms with Crippen LogP contribution in [0.4, 0.5) is 0 Å². The minimum atomic E-state index is 0.669. The lowest BCUT2D eigenvalue weighted by Gasteiger charge is -2.04.